The number of anilines is 4. The second-order valence-corrected chi connectivity index (χ2v) is 11.2. The SMILES string of the molecule is [B]C1(N(C=O)Cc2cnc(Nc3cnn(CCO)c3)nc2N(C)C)CCN(C(=O)OC(C)(C)C)c2c(OC)cccc21. The third-order valence-electron chi connectivity index (χ3n) is 6.75. The smallest absolute Gasteiger partial charge is 0.414 e. The molecule has 0 saturated heterocycles. The Kier molecular flexibility index (Phi) is 8.95. The molecule has 1 atom stereocenters. The first kappa shape index (κ1) is 30.6. The number of fused-ring (bicyclic) bond motifs is 1. The van der Waals surface area contributed by atoms with E-state index in [-0.39, 0.29) is 26.1 Å². The van der Waals surface area contributed by atoms with E-state index in [1.54, 1.807) is 62.2 Å². The van der Waals surface area contributed by atoms with E-state index in [2.05, 4.69) is 20.4 Å². The number of nitrogens with one attached hydrogen (secondary N) is 1. The van der Waals surface area contributed by atoms with Crippen molar-refractivity contribution in [2.75, 3.05) is 49.5 Å². The highest BCUT2D eigenvalue weighted by molar-refractivity contribution is 6.18. The average molecular weight is 576 g/mol. The zero-order valence-corrected chi connectivity index (χ0v) is 24.9. The van der Waals surface area contributed by atoms with E-state index in [1.807, 2.05) is 19.0 Å². The summed E-state index contributed by atoms with van der Waals surface area (Å²) in [7, 11) is 12.2. The fourth-order valence-corrected chi connectivity index (χ4v) is 4.84. The standard InChI is InChI=1S/C28H37BN8O5/c1-27(2,3)42-26(40)37-11-10-28(29,21-8-7-9-22(41-6)23(21)37)35(18-39)16-19-14-30-25(33-24(19)34(4)5)32-20-15-31-36(17-20)12-13-38/h7-9,14-15,17-18,38H,10-13,16H2,1-6H3,(H,30,32,33). The first-order valence-corrected chi connectivity index (χ1v) is 13.5. The number of hydrogen-bond acceptors (Lipinski definition) is 10. The molecule has 3 heterocycles. The summed E-state index contributed by atoms with van der Waals surface area (Å²) in [6.45, 7) is 6.05. The summed E-state index contributed by atoms with van der Waals surface area (Å²) in [6.07, 6.45) is 5.43. The van der Waals surface area contributed by atoms with Crippen molar-refractivity contribution < 1.29 is 24.2 Å². The van der Waals surface area contributed by atoms with Crippen LogP contribution in [0.5, 0.6) is 5.75 Å². The molecule has 0 aliphatic carbocycles. The molecule has 3 aromatic rings. The number of aliphatic hydroxyl groups is 1. The lowest BCUT2D eigenvalue weighted by molar-refractivity contribution is -0.122. The van der Waals surface area contributed by atoms with Gasteiger partial charge in [-0.25, -0.2) is 9.78 Å². The lowest BCUT2D eigenvalue weighted by Gasteiger charge is -2.47. The molecule has 13 nitrogen and oxygen atoms in total. The number of rotatable bonds is 10. The summed E-state index contributed by atoms with van der Waals surface area (Å²) in [4.78, 5) is 39.8. The molecule has 42 heavy (non-hydrogen) atoms. The van der Waals surface area contributed by atoms with Gasteiger partial charge in [-0.15, -0.1) is 0 Å². The van der Waals surface area contributed by atoms with Gasteiger partial charge in [-0.2, -0.15) is 10.1 Å². The Morgan fingerprint density at radius 3 is 2.69 bits per heavy atom. The van der Waals surface area contributed by atoms with Crippen molar-refractivity contribution in [1.82, 2.24) is 24.6 Å². The van der Waals surface area contributed by atoms with Crippen molar-refractivity contribution in [2.45, 2.75) is 51.3 Å². The first-order chi connectivity index (χ1) is 19.9. The summed E-state index contributed by atoms with van der Waals surface area (Å²) in [6, 6.07) is 5.31. The molecule has 1 aromatic carbocycles. The fraction of sp³-hybridized carbons (Fsp3) is 0.464. The molecule has 1 aliphatic rings. The highest BCUT2D eigenvalue weighted by Crippen LogP contribution is 2.46. The van der Waals surface area contributed by atoms with E-state index in [0.29, 0.717) is 53.0 Å². The molecule has 4 rings (SSSR count). The molecule has 2 aromatic heterocycles. The van der Waals surface area contributed by atoms with E-state index < -0.39 is 17.1 Å². The molecule has 222 valence electrons. The lowest BCUT2D eigenvalue weighted by Crippen LogP contribution is -2.53. The van der Waals surface area contributed by atoms with Crippen LogP contribution in [0.4, 0.5) is 27.9 Å². The van der Waals surface area contributed by atoms with Gasteiger partial charge in [0.2, 0.25) is 12.4 Å². The number of para-hydroxylation sites is 1. The van der Waals surface area contributed by atoms with Gasteiger partial charge < -0.3 is 29.7 Å². The molecule has 2 amide bonds. The van der Waals surface area contributed by atoms with Gasteiger partial charge in [0.05, 0.1) is 44.4 Å². The predicted octanol–water partition coefficient (Wildman–Crippen LogP) is 2.61. The maximum Gasteiger partial charge on any atom is 0.414 e. The number of hydrogen-bond donors (Lipinski definition) is 2. The van der Waals surface area contributed by atoms with Gasteiger partial charge in [0.15, 0.2) is 0 Å². The molecule has 0 fully saturated rings. The van der Waals surface area contributed by atoms with E-state index in [4.69, 9.17) is 22.4 Å². The number of carbonyl (C=O) groups excluding carboxylic acids is 2. The minimum atomic E-state index is -1.27. The molecular weight excluding hydrogens is 539 g/mol. The van der Waals surface area contributed by atoms with Crippen LogP contribution in [0.1, 0.15) is 38.3 Å². The van der Waals surface area contributed by atoms with Crippen LogP contribution in [0.25, 0.3) is 0 Å². The second-order valence-electron chi connectivity index (χ2n) is 11.2. The van der Waals surface area contributed by atoms with Gasteiger partial charge >= 0.3 is 6.09 Å². The fourth-order valence-electron chi connectivity index (χ4n) is 4.84. The number of aliphatic hydroxyl groups excluding tert-OH is 1. The lowest BCUT2D eigenvalue weighted by atomic mass is 9.66. The first-order valence-electron chi connectivity index (χ1n) is 13.5. The maximum atomic E-state index is 13.2. The minimum absolute atomic E-state index is 0.0246. The van der Waals surface area contributed by atoms with Crippen LogP contribution in [0.3, 0.4) is 0 Å². The van der Waals surface area contributed by atoms with Gasteiger partial charge in [0, 0.05) is 44.0 Å². The van der Waals surface area contributed by atoms with Gasteiger partial charge in [0.1, 0.15) is 25.0 Å². The monoisotopic (exact) mass is 576 g/mol. The summed E-state index contributed by atoms with van der Waals surface area (Å²) in [5.74, 6) is 1.36. The van der Waals surface area contributed by atoms with Crippen molar-refractivity contribution in [3.8, 4) is 5.75 Å². The van der Waals surface area contributed by atoms with Crippen LogP contribution in [-0.4, -0.2) is 90.1 Å². The van der Waals surface area contributed by atoms with E-state index in [0.717, 1.165) is 0 Å². The Hall–Kier alpha value is -4.33. The maximum absolute atomic E-state index is 13.2. The number of nitrogens with zero attached hydrogens (tertiary/aromatic N) is 7. The van der Waals surface area contributed by atoms with Gasteiger partial charge in [-0.1, -0.05) is 12.1 Å². The number of benzene rings is 1. The van der Waals surface area contributed by atoms with Crippen molar-refractivity contribution in [3.63, 3.8) is 0 Å². The quantitative estimate of drug-likeness (QED) is 0.274. The average Bonchev–Trinajstić information content (AvgIpc) is 3.37. The Bertz CT molecular complexity index is 1430. The Labute approximate surface area is 246 Å². The number of carbonyl (C=O) groups is 2. The van der Waals surface area contributed by atoms with Crippen LogP contribution < -0.4 is 19.9 Å². The molecule has 2 radical (unpaired) electrons. The summed E-state index contributed by atoms with van der Waals surface area (Å²) < 4.78 is 12.9. The number of methoxy groups -OCH3 is 1. The van der Waals surface area contributed by atoms with E-state index in [9.17, 15) is 9.59 Å². The molecule has 2 N–H and O–H groups in total. The predicted molar refractivity (Wildman–Crippen MR) is 159 cm³/mol. The Balaban J connectivity index is 1.66. The molecule has 0 bridgehead atoms. The zero-order valence-electron chi connectivity index (χ0n) is 24.9. The van der Waals surface area contributed by atoms with Crippen molar-refractivity contribution in [1.29, 1.82) is 0 Å². The van der Waals surface area contributed by atoms with Crippen LogP contribution in [0.15, 0.2) is 36.8 Å². The van der Waals surface area contributed by atoms with Crippen LogP contribution in [0, 0.1) is 0 Å². The molecule has 14 heteroatoms. The van der Waals surface area contributed by atoms with Gasteiger partial charge in [-0.3, -0.25) is 14.4 Å². The largest absolute Gasteiger partial charge is 0.495 e. The molecular formula is C28H37BN8O5. The third kappa shape index (κ3) is 6.43. The number of amides is 2. The van der Waals surface area contributed by atoms with Gasteiger partial charge in [0.25, 0.3) is 0 Å². The molecule has 1 aliphatic heterocycles. The van der Waals surface area contributed by atoms with Crippen LogP contribution in [-0.2, 0) is 28.1 Å². The molecule has 0 spiro atoms. The van der Waals surface area contributed by atoms with Crippen molar-refractivity contribution in [3.05, 3.63) is 47.9 Å². The zero-order chi connectivity index (χ0) is 30.7. The second kappa shape index (κ2) is 12.3. The van der Waals surface area contributed by atoms with E-state index in [1.165, 1.54) is 16.9 Å². The Morgan fingerprint density at radius 2 is 2.05 bits per heavy atom. The number of aromatic nitrogens is 4. The molecule has 0 saturated carbocycles. The number of ether oxygens (including phenoxy) is 2. The van der Waals surface area contributed by atoms with Crippen molar-refractivity contribution >= 4 is 43.5 Å². The normalized spacial score (nSPS) is 16.4. The molecule has 1 unspecified atom stereocenters. The van der Waals surface area contributed by atoms with Crippen LogP contribution in [0.2, 0.25) is 0 Å². The third-order valence-corrected chi connectivity index (χ3v) is 6.75. The highest BCUT2D eigenvalue weighted by atomic mass is 16.6. The summed E-state index contributed by atoms with van der Waals surface area (Å²) in [5.41, 5.74) is 0.369. The van der Waals surface area contributed by atoms with Gasteiger partial charge in [-0.05, 0) is 38.8 Å². The Morgan fingerprint density at radius 1 is 1.29 bits per heavy atom. The minimum Gasteiger partial charge on any atom is -0.495 e. The van der Waals surface area contributed by atoms with Crippen molar-refractivity contribution in [2.24, 2.45) is 0 Å². The highest BCUT2D eigenvalue weighted by Gasteiger charge is 2.43. The topological polar surface area (TPSA) is 138 Å². The summed E-state index contributed by atoms with van der Waals surface area (Å²) in [5, 5.41) is 16.4. The van der Waals surface area contributed by atoms with Crippen LogP contribution >= 0.6 is 0 Å². The summed E-state index contributed by atoms with van der Waals surface area (Å²) >= 11 is 0. The van der Waals surface area contributed by atoms with E-state index >= 15 is 0 Å².